The lowest BCUT2D eigenvalue weighted by Gasteiger charge is -2.08. The summed E-state index contributed by atoms with van der Waals surface area (Å²) in [5.74, 6) is 0.104. The van der Waals surface area contributed by atoms with Crippen LogP contribution in [0.15, 0.2) is 41.3 Å². The Labute approximate surface area is 137 Å². The molecule has 0 saturated carbocycles. The van der Waals surface area contributed by atoms with Crippen molar-refractivity contribution in [2.75, 3.05) is 16.8 Å². The summed E-state index contributed by atoms with van der Waals surface area (Å²) in [5.41, 5.74) is 7.87. The first-order valence-electron chi connectivity index (χ1n) is 6.19. The van der Waals surface area contributed by atoms with Crippen LogP contribution in [0.5, 0.6) is 0 Å². The van der Waals surface area contributed by atoms with E-state index < -0.39 is 0 Å². The number of carbonyl (C=O) groups is 1. The molecule has 2 rings (SSSR count). The summed E-state index contributed by atoms with van der Waals surface area (Å²) in [4.78, 5) is 12.8. The van der Waals surface area contributed by atoms with Gasteiger partial charge in [0.15, 0.2) is 0 Å². The first-order valence-corrected chi connectivity index (χ1v) is 7.93. The molecule has 0 bridgehead atoms. The standard InChI is InChI=1S/C15H14Cl2N2OS/c1-9-2-4-13(11(16)6-9)19-15(20)8-21-14-5-3-10(18)7-12(14)17/h2-7H,8,18H2,1H3,(H,19,20). The molecule has 0 aromatic heterocycles. The second-order valence-corrected chi connectivity index (χ2v) is 6.34. The number of carbonyl (C=O) groups excluding carboxylic acids is 1. The average Bonchev–Trinajstić information content (AvgIpc) is 2.41. The summed E-state index contributed by atoms with van der Waals surface area (Å²) in [6.07, 6.45) is 0. The number of rotatable bonds is 4. The van der Waals surface area contributed by atoms with Gasteiger partial charge in [0, 0.05) is 10.6 Å². The van der Waals surface area contributed by atoms with E-state index in [1.165, 1.54) is 11.8 Å². The Morgan fingerprint density at radius 1 is 1.19 bits per heavy atom. The average molecular weight is 341 g/mol. The fraction of sp³-hybridized carbons (Fsp3) is 0.133. The molecule has 0 aliphatic heterocycles. The smallest absolute Gasteiger partial charge is 0.234 e. The molecule has 6 heteroatoms. The van der Waals surface area contributed by atoms with Crippen molar-refractivity contribution in [2.24, 2.45) is 0 Å². The van der Waals surface area contributed by atoms with Gasteiger partial charge in [-0.15, -0.1) is 11.8 Å². The number of nitrogens with one attached hydrogen (secondary N) is 1. The molecular weight excluding hydrogens is 327 g/mol. The van der Waals surface area contributed by atoms with Crippen molar-refractivity contribution in [1.82, 2.24) is 0 Å². The van der Waals surface area contributed by atoms with E-state index in [-0.39, 0.29) is 11.7 Å². The van der Waals surface area contributed by atoms with E-state index >= 15 is 0 Å². The molecule has 0 unspecified atom stereocenters. The van der Waals surface area contributed by atoms with Crippen LogP contribution in [-0.4, -0.2) is 11.7 Å². The topological polar surface area (TPSA) is 55.1 Å². The van der Waals surface area contributed by atoms with Gasteiger partial charge in [0.1, 0.15) is 0 Å². The van der Waals surface area contributed by atoms with Gasteiger partial charge in [-0.2, -0.15) is 0 Å². The number of anilines is 2. The van der Waals surface area contributed by atoms with Gasteiger partial charge in [0.05, 0.1) is 21.5 Å². The first-order chi connectivity index (χ1) is 9.95. The molecule has 0 fully saturated rings. The number of nitrogens with two attached hydrogens (primary N) is 1. The Morgan fingerprint density at radius 3 is 2.62 bits per heavy atom. The normalized spacial score (nSPS) is 10.4. The van der Waals surface area contributed by atoms with Crippen LogP contribution in [0.2, 0.25) is 10.0 Å². The fourth-order valence-corrected chi connectivity index (χ4v) is 3.04. The van der Waals surface area contributed by atoms with Crippen LogP contribution in [0.1, 0.15) is 5.56 Å². The minimum Gasteiger partial charge on any atom is -0.399 e. The van der Waals surface area contributed by atoms with Crippen molar-refractivity contribution in [3.8, 4) is 0 Å². The highest BCUT2D eigenvalue weighted by Gasteiger charge is 2.08. The summed E-state index contributed by atoms with van der Waals surface area (Å²) in [5, 5.41) is 3.85. The number of amides is 1. The molecule has 0 aliphatic carbocycles. The molecule has 0 saturated heterocycles. The number of aryl methyl sites for hydroxylation is 1. The number of hydrogen-bond acceptors (Lipinski definition) is 3. The highest BCUT2D eigenvalue weighted by Crippen LogP contribution is 2.29. The van der Waals surface area contributed by atoms with Crippen molar-refractivity contribution in [3.05, 3.63) is 52.0 Å². The second-order valence-electron chi connectivity index (χ2n) is 4.51. The van der Waals surface area contributed by atoms with E-state index in [1.807, 2.05) is 13.0 Å². The molecule has 110 valence electrons. The van der Waals surface area contributed by atoms with E-state index in [0.29, 0.717) is 21.4 Å². The van der Waals surface area contributed by atoms with E-state index in [2.05, 4.69) is 5.32 Å². The zero-order chi connectivity index (χ0) is 15.4. The SMILES string of the molecule is Cc1ccc(NC(=O)CSc2ccc(N)cc2Cl)c(Cl)c1. The molecule has 3 N–H and O–H groups in total. The largest absolute Gasteiger partial charge is 0.399 e. The quantitative estimate of drug-likeness (QED) is 0.630. The third-order valence-electron chi connectivity index (χ3n) is 2.71. The second kappa shape index (κ2) is 7.07. The number of hydrogen-bond donors (Lipinski definition) is 2. The summed E-state index contributed by atoms with van der Waals surface area (Å²) < 4.78 is 0. The Kier molecular flexibility index (Phi) is 5.39. The molecule has 0 aliphatic rings. The molecule has 2 aromatic carbocycles. The zero-order valence-corrected chi connectivity index (χ0v) is 13.6. The van der Waals surface area contributed by atoms with Crippen molar-refractivity contribution >= 4 is 52.2 Å². The van der Waals surface area contributed by atoms with Crippen LogP contribution in [0, 0.1) is 6.92 Å². The third-order valence-corrected chi connectivity index (χ3v) is 4.52. The Balaban J connectivity index is 1.96. The van der Waals surface area contributed by atoms with Crippen LogP contribution in [0.4, 0.5) is 11.4 Å². The monoisotopic (exact) mass is 340 g/mol. The third kappa shape index (κ3) is 4.56. The van der Waals surface area contributed by atoms with E-state index in [1.54, 1.807) is 30.3 Å². The lowest BCUT2D eigenvalue weighted by molar-refractivity contribution is -0.113. The highest BCUT2D eigenvalue weighted by molar-refractivity contribution is 8.00. The zero-order valence-electron chi connectivity index (χ0n) is 11.3. The molecule has 0 atom stereocenters. The van der Waals surface area contributed by atoms with Gasteiger partial charge in [0.2, 0.25) is 5.91 Å². The van der Waals surface area contributed by atoms with E-state index in [0.717, 1.165) is 10.5 Å². The molecule has 0 heterocycles. The highest BCUT2D eigenvalue weighted by atomic mass is 35.5. The van der Waals surface area contributed by atoms with E-state index in [4.69, 9.17) is 28.9 Å². The minimum atomic E-state index is -0.140. The maximum Gasteiger partial charge on any atom is 0.234 e. The molecule has 1 amide bonds. The molecule has 0 radical (unpaired) electrons. The Morgan fingerprint density at radius 2 is 1.95 bits per heavy atom. The van der Waals surface area contributed by atoms with Crippen molar-refractivity contribution in [3.63, 3.8) is 0 Å². The van der Waals surface area contributed by atoms with Crippen molar-refractivity contribution < 1.29 is 4.79 Å². The lowest BCUT2D eigenvalue weighted by atomic mass is 10.2. The molecule has 21 heavy (non-hydrogen) atoms. The maximum atomic E-state index is 11.9. The Hall–Kier alpha value is -1.36. The van der Waals surface area contributed by atoms with Gasteiger partial charge < -0.3 is 11.1 Å². The van der Waals surface area contributed by atoms with Gasteiger partial charge in [-0.25, -0.2) is 0 Å². The van der Waals surface area contributed by atoms with Gasteiger partial charge >= 0.3 is 0 Å². The Bertz CT molecular complexity index is 677. The van der Waals surface area contributed by atoms with Crippen LogP contribution >= 0.6 is 35.0 Å². The molecule has 2 aromatic rings. The van der Waals surface area contributed by atoms with Crippen LogP contribution in [0.3, 0.4) is 0 Å². The number of halogens is 2. The molecule has 0 spiro atoms. The van der Waals surface area contributed by atoms with Crippen LogP contribution < -0.4 is 11.1 Å². The van der Waals surface area contributed by atoms with Crippen LogP contribution in [-0.2, 0) is 4.79 Å². The predicted molar refractivity (Wildman–Crippen MR) is 91.4 cm³/mol. The summed E-state index contributed by atoms with van der Waals surface area (Å²) >= 11 is 13.5. The maximum absolute atomic E-state index is 11.9. The number of nitrogen functional groups attached to an aromatic ring is 1. The summed E-state index contributed by atoms with van der Waals surface area (Å²) in [6.45, 7) is 1.94. The number of benzene rings is 2. The lowest BCUT2D eigenvalue weighted by Crippen LogP contribution is -2.14. The van der Waals surface area contributed by atoms with Gasteiger partial charge in [-0.05, 0) is 42.8 Å². The number of thioether (sulfide) groups is 1. The summed E-state index contributed by atoms with van der Waals surface area (Å²) in [7, 11) is 0. The van der Waals surface area contributed by atoms with E-state index in [9.17, 15) is 4.79 Å². The first kappa shape index (κ1) is 16.0. The minimum absolute atomic E-state index is 0.140. The molecule has 3 nitrogen and oxygen atoms in total. The van der Waals surface area contributed by atoms with Crippen molar-refractivity contribution in [1.29, 1.82) is 0 Å². The summed E-state index contributed by atoms with van der Waals surface area (Å²) in [6, 6.07) is 10.7. The van der Waals surface area contributed by atoms with Gasteiger partial charge in [-0.3, -0.25) is 4.79 Å². The fourth-order valence-electron chi connectivity index (χ4n) is 1.69. The predicted octanol–water partition coefficient (Wildman–Crippen LogP) is 4.61. The van der Waals surface area contributed by atoms with Gasteiger partial charge in [0.25, 0.3) is 0 Å². The van der Waals surface area contributed by atoms with Gasteiger partial charge in [-0.1, -0.05) is 29.3 Å². The molecular formula is C15H14Cl2N2OS. The van der Waals surface area contributed by atoms with Crippen molar-refractivity contribution in [2.45, 2.75) is 11.8 Å². The van der Waals surface area contributed by atoms with Crippen LogP contribution in [0.25, 0.3) is 0 Å².